The molecular formula is C74H55N3. The summed E-state index contributed by atoms with van der Waals surface area (Å²) in [5.41, 5.74) is 27.3. The molecule has 0 saturated heterocycles. The first-order chi connectivity index (χ1) is 37.9. The number of aryl methyl sites for hydroxylation is 3. The number of fused-ring (bicyclic) bond motifs is 2. The highest BCUT2D eigenvalue weighted by molar-refractivity contribution is 6.31. The molecule has 0 amide bonds. The molecule has 3 heteroatoms. The molecule has 77 heavy (non-hydrogen) atoms. The highest BCUT2D eigenvalue weighted by Gasteiger charge is 2.37. The van der Waals surface area contributed by atoms with Crippen LogP contribution in [0.2, 0.25) is 0 Å². The van der Waals surface area contributed by atoms with Crippen molar-refractivity contribution in [3.63, 3.8) is 0 Å². The van der Waals surface area contributed by atoms with E-state index in [1.165, 1.54) is 166 Å². The van der Waals surface area contributed by atoms with Crippen molar-refractivity contribution >= 4 is 105 Å². The van der Waals surface area contributed by atoms with E-state index in [0.717, 1.165) is 6.54 Å². The van der Waals surface area contributed by atoms with E-state index in [9.17, 15) is 0 Å². The third-order valence-electron chi connectivity index (χ3n) is 17.0. The predicted molar refractivity (Wildman–Crippen MR) is 329 cm³/mol. The number of rotatable bonds is 10. The molecule has 0 radical (unpaired) electrons. The van der Waals surface area contributed by atoms with E-state index in [1.807, 2.05) is 0 Å². The Morgan fingerprint density at radius 3 is 1.48 bits per heavy atom. The lowest BCUT2D eigenvalue weighted by molar-refractivity contribution is 0.827. The number of aromatic nitrogens is 2. The number of allylic oxidation sites excluding steroid dienone is 2. The Morgan fingerprint density at radius 1 is 0.390 bits per heavy atom. The van der Waals surface area contributed by atoms with Crippen LogP contribution in [0.4, 0.5) is 17.1 Å². The van der Waals surface area contributed by atoms with Crippen molar-refractivity contribution < 1.29 is 0 Å². The Bertz CT molecular complexity index is 4720. The molecule has 3 nitrogen and oxygen atoms in total. The van der Waals surface area contributed by atoms with Crippen LogP contribution in [0.25, 0.3) is 104 Å². The summed E-state index contributed by atoms with van der Waals surface area (Å²) in [6, 6.07) is 86.2. The summed E-state index contributed by atoms with van der Waals surface area (Å²) in [7, 11) is 0. The van der Waals surface area contributed by atoms with Crippen LogP contribution in [0.3, 0.4) is 0 Å². The number of anilines is 3. The number of para-hydroxylation sites is 1. The van der Waals surface area contributed by atoms with Crippen LogP contribution in [0, 0.1) is 13.8 Å². The molecule has 366 valence electrons. The molecular weight excluding hydrogens is 931 g/mol. The number of pyridine rings is 1. The van der Waals surface area contributed by atoms with Crippen LogP contribution in [-0.2, 0) is 6.54 Å². The smallest absolute Gasteiger partial charge is 0.0737 e. The first kappa shape index (κ1) is 45.0. The zero-order chi connectivity index (χ0) is 51.6. The van der Waals surface area contributed by atoms with Crippen molar-refractivity contribution in [3.05, 3.63) is 275 Å². The molecule has 0 unspecified atom stereocenters. The minimum atomic E-state index is 0.872. The molecule has 12 aromatic carbocycles. The monoisotopic (exact) mass is 985 g/mol. The second-order valence-electron chi connectivity index (χ2n) is 21.2. The maximum Gasteiger partial charge on any atom is 0.0737 e. The molecule has 0 N–H and O–H groups in total. The molecule has 0 aliphatic carbocycles. The molecule has 3 aromatic heterocycles. The Kier molecular flexibility index (Phi) is 10.1. The summed E-state index contributed by atoms with van der Waals surface area (Å²) >= 11 is 0. The molecule has 16 rings (SSSR count). The van der Waals surface area contributed by atoms with Gasteiger partial charge in [-0.2, -0.15) is 0 Å². The van der Waals surface area contributed by atoms with Gasteiger partial charge in [-0.15, -0.1) is 0 Å². The summed E-state index contributed by atoms with van der Waals surface area (Å²) in [6.45, 7) is 12.3. The first-order valence-electron chi connectivity index (χ1n) is 27.1. The molecule has 2 bridgehead atoms. The Balaban J connectivity index is 1.08. The van der Waals surface area contributed by atoms with Gasteiger partial charge in [-0.25, -0.2) is 0 Å². The van der Waals surface area contributed by atoms with Gasteiger partial charge in [0.25, 0.3) is 0 Å². The number of hydrogen-bond acceptors (Lipinski definition) is 1. The van der Waals surface area contributed by atoms with E-state index >= 15 is 0 Å². The van der Waals surface area contributed by atoms with Gasteiger partial charge in [-0.05, 0) is 165 Å². The summed E-state index contributed by atoms with van der Waals surface area (Å²) in [6.07, 6.45) is 0. The molecule has 0 spiro atoms. The highest BCUT2D eigenvalue weighted by atomic mass is 15.3. The topological polar surface area (TPSA) is 12.9 Å². The molecule has 0 saturated carbocycles. The van der Waals surface area contributed by atoms with Crippen LogP contribution in [0.15, 0.2) is 231 Å². The maximum atomic E-state index is 2.59. The largest absolute Gasteiger partial charge is 0.339 e. The lowest BCUT2D eigenvalue weighted by Gasteiger charge is -2.28. The summed E-state index contributed by atoms with van der Waals surface area (Å²) in [4.78, 5) is 2.56. The standard InChI is InChI=1S/C74H55N3/c1-6-75-64-34-22-21-33-57(64)61-42-55-43-67(74(61)75)76(55)72-58-37-35-54-41-63(69(52-30-17-10-18-31-52)48(5)50-26-13-8-14-27-50)73(77-65-39-46(3)60(44-66(65)77)56-32-20-19-23-45(56)2)59-38-36-53(70(58)71(54)59)40-62(72)68(51-28-15-9-16-29-51)47(4)49-24-11-7-12-25-49/h7-44H,6H2,1-5H3/b68-47+,69-48+. The molecule has 0 fully saturated rings. The number of hydrogen-bond donors (Lipinski definition) is 0. The van der Waals surface area contributed by atoms with Crippen LogP contribution >= 0.6 is 0 Å². The van der Waals surface area contributed by atoms with Crippen molar-refractivity contribution in [2.45, 2.75) is 41.2 Å². The highest BCUT2D eigenvalue weighted by Crippen LogP contribution is 2.61. The van der Waals surface area contributed by atoms with Gasteiger partial charge in [0.1, 0.15) is 0 Å². The van der Waals surface area contributed by atoms with E-state index < -0.39 is 0 Å². The van der Waals surface area contributed by atoms with Gasteiger partial charge in [0, 0.05) is 50.2 Å². The fourth-order valence-corrected chi connectivity index (χ4v) is 13.3. The van der Waals surface area contributed by atoms with Crippen molar-refractivity contribution in [2.75, 3.05) is 4.90 Å². The third kappa shape index (κ3) is 6.76. The SMILES string of the molecule is CCn1c2ccccc2c2cc3cc(c21)n3-c1c(/C(=C(\C)c2ccccc2)c2ccccc2)cc2ccc3c(N4c5cc(C)c(-c6ccccc6C)cc54)c(/C(=C(\C)c4ccccc4)c4ccccc4)cc4ccc1c2c43. The van der Waals surface area contributed by atoms with Gasteiger partial charge < -0.3 is 14.0 Å². The molecule has 15 aromatic rings. The van der Waals surface area contributed by atoms with E-state index in [0.29, 0.717) is 0 Å². The van der Waals surface area contributed by atoms with Gasteiger partial charge in [0.15, 0.2) is 0 Å². The summed E-state index contributed by atoms with van der Waals surface area (Å²) < 4.78 is 5.11. The summed E-state index contributed by atoms with van der Waals surface area (Å²) in [5.74, 6) is 0. The quantitative estimate of drug-likeness (QED) is 0.0756. The average Bonchev–Trinajstić information content (AvgIpc) is 4.31. The van der Waals surface area contributed by atoms with Crippen molar-refractivity contribution in [3.8, 4) is 16.8 Å². The molecule has 4 heterocycles. The minimum Gasteiger partial charge on any atom is -0.339 e. The Labute approximate surface area is 449 Å². The summed E-state index contributed by atoms with van der Waals surface area (Å²) in [5, 5.41) is 10.1. The van der Waals surface area contributed by atoms with E-state index in [1.54, 1.807) is 0 Å². The van der Waals surface area contributed by atoms with Gasteiger partial charge in [0.05, 0.1) is 33.8 Å². The van der Waals surface area contributed by atoms with Crippen molar-refractivity contribution in [1.82, 2.24) is 9.13 Å². The predicted octanol–water partition coefficient (Wildman–Crippen LogP) is 20.1. The maximum absolute atomic E-state index is 2.59. The minimum absolute atomic E-state index is 0.872. The second-order valence-corrected chi connectivity index (χ2v) is 21.2. The first-order valence-corrected chi connectivity index (χ1v) is 27.1. The van der Waals surface area contributed by atoms with Crippen LogP contribution in [0.1, 0.15) is 65.3 Å². The lowest BCUT2D eigenvalue weighted by Crippen LogP contribution is -2.11. The van der Waals surface area contributed by atoms with Gasteiger partial charge >= 0.3 is 0 Å². The third-order valence-corrected chi connectivity index (χ3v) is 17.0. The van der Waals surface area contributed by atoms with Crippen LogP contribution in [-0.4, -0.2) is 9.13 Å². The fourth-order valence-electron chi connectivity index (χ4n) is 13.3. The normalized spacial score (nSPS) is 13.2. The van der Waals surface area contributed by atoms with Crippen molar-refractivity contribution in [2.24, 2.45) is 0 Å². The van der Waals surface area contributed by atoms with E-state index in [2.05, 4.69) is 279 Å². The van der Waals surface area contributed by atoms with Crippen LogP contribution in [0.5, 0.6) is 0 Å². The Hall–Kier alpha value is -9.44. The van der Waals surface area contributed by atoms with E-state index in [4.69, 9.17) is 0 Å². The zero-order valence-electron chi connectivity index (χ0n) is 44.0. The number of benzene rings is 12. The molecule has 1 aliphatic rings. The fraction of sp³-hybridized carbons (Fsp3) is 0.0811. The zero-order valence-corrected chi connectivity index (χ0v) is 44.0. The molecule has 0 atom stereocenters. The van der Waals surface area contributed by atoms with Crippen molar-refractivity contribution in [1.29, 1.82) is 0 Å². The van der Waals surface area contributed by atoms with Gasteiger partial charge in [-0.1, -0.05) is 188 Å². The van der Waals surface area contributed by atoms with Crippen LogP contribution < -0.4 is 4.90 Å². The second kappa shape index (κ2) is 17.3. The van der Waals surface area contributed by atoms with E-state index in [-0.39, 0.29) is 0 Å². The lowest BCUT2D eigenvalue weighted by atomic mass is 9.82. The number of nitrogens with zero attached hydrogens (tertiary/aromatic N) is 3. The molecule has 1 aliphatic heterocycles. The van der Waals surface area contributed by atoms with Gasteiger partial charge in [-0.3, -0.25) is 0 Å². The average molecular weight is 986 g/mol. The Morgan fingerprint density at radius 2 is 0.896 bits per heavy atom. The van der Waals surface area contributed by atoms with Gasteiger partial charge in [0.2, 0.25) is 0 Å².